The van der Waals surface area contributed by atoms with Gasteiger partial charge in [0.1, 0.15) is 0 Å². The Morgan fingerprint density at radius 3 is 2.47 bits per heavy atom. The number of carbonyl (C=O) groups excluding carboxylic acids is 1. The smallest absolute Gasteiger partial charge is 0.395 e. The number of amides is 2. The highest BCUT2D eigenvalue weighted by atomic mass is 19.4. The van der Waals surface area contributed by atoms with Crippen LogP contribution in [-0.4, -0.2) is 35.7 Å². The standard InChI is InChI=1S/C12H13F3N2O2/c13-12(14,15)9-3-1-8(2-4-9)10-7-16-11(19)17(10)5-6-18/h1-4,10,18H,5-7H2,(H,16,19). The SMILES string of the molecule is O=C1NCC(c2ccc(C(F)(F)F)cc2)N1CCO. The normalized spacial score (nSPS) is 19.7. The predicted octanol–water partition coefficient (Wildman–Crippen LogP) is 1.76. The molecule has 1 atom stereocenters. The van der Waals surface area contributed by atoms with Crippen molar-refractivity contribution < 1.29 is 23.1 Å². The lowest BCUT2D eigenvalue weighted by Crippen LogP contribution is -2.32. The molecule has 0 radical (unpaired) electrons. The maximum Gasteiger partial charge on any atom is 0.416 e. The van der Waals surface area contributed by atoms with Crippen LogP contribution in [0.2, 0.25) is 0 Å². The molecule has 1 aromatic carbocycles. The van der Waals surface area contributed by atoms with Crippen molar-refractivity contribution in [2.75, 3.05) is 19.7 Å². The van der Waals surface area contributed by atoms with E-state index < -0.39 is 11.7 Å². The summed E-state index contributed by atoms with van der Waals surface area (Å²) in [5, 5.41) is 11.5. The van der Waals surface area contributed by atoms with Crippen molar-refractivity contribution >= 4 is 6.03 Å². The number of nitrogens with zero attached hydrogens (tertiary/aromatic N) is 1. The first-order valence-electron chi connectivity index (χ1n) is 5.76. The van der Waals surface area contributed by atoms with E-state index in [1.54, 1.807) is 0 Å². The van der Waals surface area contributed by atoms with Gasteiger partial charge in [0.25, 0.3) is 0 Å². The zero-order chi connectivity index (χ0) is 14.0. The number of benzene rings is 1. The molecule has 0 aromatic heterocycles. The van der Waals surface area contributed by atoms with Crippen LogP contribution in [0, 0.1) is 0 Å². The molecule has 0 saturated carbocycles. The monoisotopic (exact) mass is 274 g/mol. The Morgan fingerprint density at radius 1 is 1.32 bits per heavy atom. The summed E-state index contributed by atoms with van der Waals surface area (Å²) in [7, 11) is 0. The Labute approximate surface area is 107 Å². The van der Waals surface area contributed by atoms with Crippen LogP contribution in [-0.2, 0) is 6.18 Å². The van der Waals surface area contributed by atoms with Crippen LogP contribution in [0.5, 0.6) is 0 Å². The molecule has 1 unspecified atom stereocenters. The number of nitrogens with one attached hydrogen (secondary N) is 1. The number of aliphatic hydroxyl groups is 1. The molecule has 1 aliphatic rings. The summed E-state index contributed by atoms with van der Waals surface area (Å²) in [6, 6.07) is 4.04. The quantitative estimate of drug-likeness (QED) is 0.882. The molecule has 4 nitrogen and oxygen atoms in total. The van der Waals surface area contributed by atoms with Gasteiger partial charge in [0.15, 0.2) is 0 Å². The second-order valence-corrected chi connectivity index (χ2v) is 4.24. The van der Waals surface area contributed by atoms with Crippen LogP contribution in [0.25, 0.3) is 0 Å². The van der Waals surface area contributed by atoms with E-state index in [-0.39, 0.29) is 25.2 Å². The highest BCUT2D eigenvalue weighted by Crippen LogP contribution is 2.31. The highest BCUT2D eigenvalue weighted by molar-refractivity contribution is 5.77. The third-order valence-electron chi connectivity index (χ3n) is 3.05. The Kier molecular flexibility index (Phi) is 3.66. The minimum atomic E-state index is -4.37. The van der Waals surface area contributed by atoms with E-state index in [4.69, 9.17) is 5.11 Å². The van der Waals surface area contributed by atoms with Crippen molar-refractivity contribution in [2.45, 2.75) is 12.2 Å². The minimum absolute atomic E-state index is 0.150. The summed E-state index contributed by atoms with van der Waals surface area (Å²) in [5.41, 5.74) is -0.109. The van der Waals surface area contributed by atoms with Gasteiger partial charge in [-0.05, 0) is 17.7 Å². The molecule has 0 bridgehead atoms. The molecule has 104 valence electrons. The second kappa shape index (κ2) is 5.08. The van der Waals surface area contributed by atoms with Crippen molar-refractivity contribution in [3.05, 3.63) is 35.4 Å². The van der Waals surface area contributed by atoms with Gasteiger partial charge < -0.3 is 15.3 Å². The Morgan fingerprint density at radius 2 is 1.95 bits per heavy atom. The first kappa shape index (κ1) is 13.7. The molecule has 7 heteroatoms. The van der Waals surface area contributed by atoms with Gasteiger partial charge in [-0.1, -0.05) is 12.1 Å². The second-order valence-electron chi connectivity index (χ2n) is 4.24. The molecule has 19 heavy (non-hydrogen) atoms. The number of carbonyl (C=O) groups is 1. The average molecular weight is 274 g/mol. The van der Waals surface area contributed by atoms with Gasteiger partial charge in [0.05, 0.1) is 18.2 Å². The number of rotatable bonds is 3. The van der Waals surface area contributed by atoms with Crippen molar-refractivity contribution in [1.29, 1.82) is 0 Å². The molecule has 1 fully saturated rings. The molecule has 2 rings (SSSR count). The van der Waals surface area contributed by atoms with Crippen LogP contribution in [0.4, 0.5) is 18.0 Å². The zero-order valence-electron chi connectivity index (χ0n) is 9.94. The fourth-order valence-electron chi connectivity index (χ4n) is 2.09. The van der Waals surface area contributed by atoms with E-state index in [2.05, 4.69) is 5.32 Å². The summed E-state index contributed by atoms with van der Waals surface area (Å²) in [6.07, 6.45) is -4.37. The van der Waals surface area contributed by atoms with Crippen molar-refractivity contribution in [3.8, 4) is 0 Å². The maximum absolute atomic E-state index is 12.4. The number of alkyl halides is 3. The molecule has 1 aliphatic heterocycles. The van der Waals surface area contributed by atoms with E-state index in [1.165, 1.54) is 17.0 Å². The zero-order valence-corrected chi connectivity index (χ0v) is 9.94. The number of halogens is 3. The fraction of sp³-hybridized carbons (Fsp3) is 0.417. The van der Waals surface area contributed by atoms with Gasteiger partial charge in [-0.25, -0.2) is 4.79 Å². The molecular formula is C12H13F3N2O2. The number of hydrogen-bond acceptors (Lipinski definition) is 2. The Balaban J connectivity index is 2.20. The summed E-state index contributed by atoms with van der Waals surface area (Å²) in [6.45, 7) is 0.284. The van der Waals surface area contributed by atoms with E-state index >= 15 is 0 Å². The lowest BCUT2D eigenvalue weighted by atomic mass is 10.0. The maximum atomic E-state index is 12.4. The van der Waals surface area contributed by atoms with Gasteiger partial charge in [-0.15, -0.1) is 0 Å². The van der Waals surface area contributed by atoms with Gasteiger partial charge in [-0.3, -0.25) is 0 Å². The molecule has 2 N–H and O–H groups in total. The third-order valence-corrected chi connectivity index (χ3v) is 3.05. The molecule has 1 heterocycles. The van der Waals surface area contributed by atoms with E-state index in [9.17, 15) is 18.0 Å². The molecule has 2 amide bonds. The van der Waals surface area contributed by atoms with Crippen LogP contribution < -0.4 is 5.32 Å². The fourth-order valence-corrected chi connectivity index (χ4v) is 2.09. The summed E-state index contributed by atoms with van der Waals surface area (Å²) in [5.74, 6) is 0. The van der Waals surface area contributed by atoms with Gasteiger partial charge in [0, 0.05) is 13.1 Å². The van der Waals surface area contributed by atoms with Crippen molar-refractivity contribution in [1.82, 2.24) is 10.2 Å². The number of β-amino-alcohol motifs (C(OH)–C–C–N with tert-alkyl or cyclic N) is 1. The van der Waals surface area contributed by atoms with Crippen LogP contribution in [0.15, 0.2) is 24.3 Å². The van der Waals surface area contributed by atoms with E-state index in [0.29, 0.717) is 12.1 Å². The Hall–Kier alpha value is -1.76. The van der Waals surface area contributed by atoms with Gasteiger partial charge in [-0.2, -0.15) is 13.2 Å². The largest absolute Gasteiger partial charge is 0.416 e. The third kappa shape index (κ3) is 2.81. The minimum Gasteiger partial charge on any atom is -0.395 e. The summed E-state index contributed by atoms with van der Waals surface area (Å²) >= 11 is 0. The van der Waals surface area contributed by atoms with Crippen molar-refractivity contribution in [3.63, 3.8) is 0 Å². The number of aliphatic hydroxyl groups excluding tert-OH is 1. The van der Waals surface area contributed by atoms with Crippen molar-refractivity contribution in [2.24, 2.45) is 0 Å². The van der Waals surface area contributed by atoms with Crippen LogP contribution in [0.3, 0.4) is 0 Å². The highest BCUT2D eigenvalue weighted by Gasteiger charge is 2.33. The summed E-state index contributed by atoms with van der Waals surface area (Å²) < 4.78 is 37.3. The number of urea groups is 1. The molecule has 0 aliphatic carbocycles. The Bertz CT molecular complexity index is 459. The van der Waals surface area contributed by atoms with Gasteiger partial charge in [0.2, 0.25) is 0 Å². The van der Waals surface area contributed by atoms with Gasteiger partial charge >= 0.3 is 12.2 Å². The lowest BCUT2D eigenvalue weighted by molar-refractivity contribution is -0.137. The first-order chi connectivity index (χ1) is 8.93. The van der Waals surface area contributed by atoms with E-state index in [1.807, 2.05) is 0 Å². The molecular weight excluding hydrogens is 261 g/mol. The predicted molar refractivity (Wildman–Crippen MR) is 61.4 cm³/mol. The summed E-state index contributed by atoms with van der Waals surface area (Å²) in [4.78, 5) is 12.9. The average Bonchev–Trinajstić information content (AvgIpc) is 2.71. The van der Waals surface area contributed by atoms with Crippen LogP contribution in [0.1, 0.15) is 17.2 Å². The number of hydrogen-bond donors (Lipinski definition) is 2. The molecule has 1 saturated heterocycles. The first-order valence-corrected chi connectivity index (χ1v) is 5.76. The topological polar surface area (TPSA) is 52.6 Å². The molecule has 1 aromatic rings. The van der Waals surface area contributed by atoms with Crippen LogP contribution >= 0.6 is 0 Å². The molecule has 0 spiro atoms. The lowest BCUT2D eigenvalue weighted by Gasteiger charge is -2.22. The van der Waals surface area contributed by atoms with E-state index in [0.717, 1.165) is 12.1 Å².